The summed E-state index contributed by atoms with van der Waals surface area (Å²) < 4.78 is 4.77. The van der Waals surface area contributed by atoms with Gasteiger partial charge in [-0.1, -0.05) is 12.1 Å². The number of imide groups is 1. The summed E-state index contributed by atoms with van der Waals surface area (Å²) in [4.78, 5) is 34.1. The number of rotatable bonds is 7. The van der Waals surface area contributed by atoms with Crippen LogP contribution in [-0.2, 0) is 9.53 Å². The molecule has 21 heavy (non-hydrogen) atoms. The number of nitrogens with one attached hydrogen (secondary N) is 3. The van der Waals surface area contributed by atoms with Crippen LogP contribution in [0.15, 0.2) is 24.3 Å². The van der Waals surface area contributed by atoms with Gasteiger partial charge in [-0.3, -0.25) is 14.9 Å². The van der Waals surface area contributed by atoms with Crippen molar-refractivity contribution < 1.29 is 19.1 Å². The van der Waals surface area contributed by atoms with Gasteiger partial charge in [-0.25, -0.2) is 4.79 Å². The van der Waals surface area contributed by atoms with Gasteiger partial charge in [-0.2, -0.15) is 0 Å². The lowest BCUT2D eigenvalue weighted by Crippen LogP contribution is -2.42. The zero-order valence-electron chi connectivity index (χ0n) is 12.1. The highest BCUT2D eigenvalue weighted by Gasteiger charge is 2.07. The topological polar surface area (TPSA) is 96.5 Å². The molecule has 0 heterocycles. The summed E-state index contributed by atoms with van der Waals surface area (Å²) in [7, 11) is 1.52. The molecule has 1 rings (SSSR count). The third-order valence-corrected chi connectivity index (χ3v) is 2.57. The number of anilines is 1. The molecule has 0 fully saturated rings. The van der Waals surface area contributed by atoms with Crippen LogP contribution in [0.4, 0.5) is 10.5 Å². The Kier molecular flexibility index (Phi) is 6.90. The van der Waals surface area contributed by atoms with E-state index in [1.165, 1.54) is 14.0 Å². The molecule has 0 aliphatic carbocycles. The zero-order chi connectivity index (χ0) is 15.7. The molecule has 0 atom stereocenters. The van der Waals surface area contributed by atoms with Gasteiger partial charge >= 0.3 is 6.03 Å². The van der Waals surface area contributed by atoms with Gasteiger partial charge in [0.25, 0.3) is 0 Å². The monoisotopic (exact) mass is 293 g/mol. The standard InChI is InChI=1S/C14H19N3O4/c1-10(18)11-4-3-5-12(8-11)16-9-13(19)17-14(20)15-6-7-21-2/h3-5,8,16H,6-7,9H2,1-2H3,(H2,15,17,19,20). The highest BCUT2D eigenvalue weighted by Crippen LogP contribution is 2.10. The van der Waals surface area contributed by atoms with E-state index in [4.69, 9.17) is 4.74 Å². The lowest BCUT2D eigenvalue weighted by Gasteiger charge is -2.08. The summed E-state index contributed by atoms with van der Waals surface area (Å²) in [6.45, 7) is 2.09. The van der Waals surface area contributed by atoms with E-state index in [1.807, 2.05) is 0 Å². The lowest BCUT2D eigenvalue weighted by molar-refractivity contribution is -0.118. The fourth-order valence-corrected chi connectivity index (χ4v) is 1.51. The molecular weight excluding hydrogens is 274 g/mol. The molecule has 0 aromatic heterocycles. The molecule has 114 valence electrons. The quantitative estimate of drug-likeness (QED) is 0.510. The molecule has 0 radical (unpaired) electrons. The van der Waals surface area contributed by atoms with Gasteiger partial charge in [0, 0.05) is 24.9 Å². The van der Waals surface area contributed by atoms with Crippen LogP contribution in [0.2, 0.25) is 0 Å². The Morgan fingerprint density at radius 1 is 1.24 bits per heavy atom. The van der Waals surface area contributed by atoms with Crippen molar-refractivity contribution in [1.29, 1.82) is 0 Å². The molecule has 1 aromatic rings. The smallest absolute Gasteiger partial charge is 0.321 e. The van der Waals surface area contributed by atoms with Crippen LogP contribution in [0.3, 0.4) is 0 Å². The number of methoxy groups -OCH3 is 1. The van der Waals surface area contributed by atoms with Gasteiger partial charge in [0.1, 0.15) is 0 Å². The van der Waals surface area contributed by atoms with E-state index in [1.54, 1.807) is 24.3 Å². The first kappa shape index (κ1) is 16.6. The predicted molar refractivity (Wildman–Crippen MR) is 78.4 cm³/mol. The first-order chi connectivity index (χ1) is 10.0. The number of ether oxygens (including phenoxy) is 1. The van der Waals surface area contributed by atoms with Crippen LogP contribution < -0.4 is 16.0 Å². The second-order valence-corrected chi connectivity index (χ2v) is 4.29. The fourth-order valence-electron chi connectivity index (χ4n) is 1.51. The number of carbonyl (C=O) groups is 3. The molecule has 0 unspecified atom stereocenters. The molecule has 7 nitrogen and oxygen atoms in total. The summed E-state index contributed by atoms with van der Waals surface area (Å²) in [5.41, 5.74) is 1.19. The maximum atomic E-state index is 11.5. The number of amides is 3. The molecule has 0 saturated heterocycles. The number of hydrogen-bond donors (Lipinski definition) is 3. The van der Waals surface area contributed by atoms with Crippen molar-refractivity contribution in [1.82, 2.24) is 10.6 Å². The number of Topliss-reactive ketones (excluding diaryl/α,β-unsaturated/α-hetero) is 1. The van der Waals surface area contributed by atoms with Crippen LogP contribution in [0.1, 0.15) is 17.3 Å². The molecule has 0 aliphatic heterocycles. The number of urea groups is 1. The van der Waals surface area contributed by atoms with Gasteiger partial charge in [-0.15, -0.1) is 0 Å². The van der Waals surface area contributed by atoms with Gasteiger partial charge in [0.2, 0.25) is 5.91 Å². The van der Waals surface area contributed by atoms with Crippen molar-refractivity contribution in [3.63, 3.8) is 0 Å². The van der Waals surface area contributed by atoms with Crippen LogP contribution in [0, 0.1) is 0 Å². The van der Waals surface area contributed by atoms with Crippen molar-refractivity contribution in [2.45, 2.75) is 6.92 Å². The third kappa shape index (κ3) is 6.53. The van der Waals surface area contributed by atoms with Gasteiger partial charge in [-0.05, 0) is 19.1 Å². The van der Waals surface area contributed by atoms with E-state index >= 15 is 0 Å². The Balaban J connectivity index is 2.37. The Labute approximate surface area is 123 Å². The Morgan fingerprint density at radius 3 is 2.67 bits per heavy atom. The molecule has 0 spiro atoms. The summed E-state index contributed by atoms with van der Waals surface area (Å²) in [6, 6.07) is 6.22. The highest BCUT2D eigenvalue weighted by molar-refractivity contribution is 5.97. The van der Waals surface area contributed by atoms with E-state index in [2.05, 4.69) is 16.0 Å². The summed E-state index contributed by atoms with van der Waals surface area (Å²) in [5, 5.41) is 7.48. The Bertz CT molecular complexity index is 517. The number of hydrogen-bond acceptors (Lipinski definition) is 5. The van der Waals surface area contributed by atoms with E-state index in [0.717, 1.165) is 0 Å². The average Bonchev–Trinajstić information content (AvgIpc) is 2.45. The molecule has 3 N–H and O–H groups in total. The number of carbonyl (C=O) groups excluding carboxylic acids is 3. The fraction of sp³-hybridized carbons (Fsp3) is 0.357. The minimum atomic E-state index is -0.573. The molecular formula is C14H19N3O4. The Morgan fingerprint density at radius 2 is 2.00 bits per heavy atom. The van der Waals surface area contributed by atoms with Crippen LogP contribution in [0.25, 0.3) is 0 Å². The van der Waals surface area contributed by atoms with Crippen molar-refractivity contribution >= 4 is 23.4 Å². The molecule has 7 heteroatoms. The molecule has 1 aromatic carbocycles. The molecule has 0 aliphatic rings. The first-order valence-electron chi connectivity index (χ1n) is 6.44. The van der Waals surface area contributed by atoms with Crippen molar-refractivity contribution in [3.8, 4) is 0 Å². The summed E-state index contributed by atoms with van der Waals surface area (Å²) in [6.07, 6.45) is 0. The minimum absolute atomic E-state index is 0.0550. The first-order valence-corrected chi connectivity index (χ1v) is 6.44. The van der Waals surface area contributed by atoms with Gasteiger partial charge < -0.3 is 15.4 Å². The van der Waals surface area contributed by atoms with E-state index in [9.17, 15) is 14.4 Å². The second-order valence-electron chi connectivity index (χ2n) is 4.29. The highest BCUT2D eigenvalue weighted by atomic mass is 16.5. The lowest BCUT2D eigenvalue weighted by atomic mass is 10.1. The van der Waals surface area contributed by atoms with Crippen LogP contribution in [0.5, 0.6) is 0 Å². The normalized spacial score (nSPS) is 9.81. The molecule has 0 saturated carbocycles. The van der Waals surface area contributed by atoms with E-state index in [-0.39, 0.29) is 12.3 Å². The molecule has 3 amide bonds. The third-order valence-electron chi connectivity index (χ3n) is 2.57. The predicted octanol–water partition coefficient (Wildman–Crippen LogP) is 0.773. The maximum absolute atomic E-state index is 11.5. The van der Waals surface area contributed by atoms with Crippen LogP contribution >= 0.6 is 0 Å². The number of ketones is 1. The number of benzene rings is 1. The zero-order valence-corrected chi connectivity index (χ0v) is 12.1. The minimum Gasteiger partial charge on any atom is -0.383 e. The van der Waals surface area contributed by atoms with Gasteiger partial charge in [0.15, 0.2) is 5.78 Å². The van der Waals surface area contributed by atoms with Crippen molar-refractivity contribution in [2.75, 3.05) is 32.1 Å². The van der Waals surface area contributed by atoms with Crippen LogP contribution in [-0.4, -0.2) is 44.5 Å². The van der Waals surface area contributed by atoms with Crippen molar-refractivity contribution in [3.05, 3.63) is 29.8 Å². The summed E-state index contributed by atoms with van der Waals surface area (Å²) >= 11 is 0. The average molecular weight is 293 g/mol. The second kappa shape index (κ2) is 8.70. The Hall–Kier alpha value is -2.41. The van der Waals surface area contributed by atoms with Crippen molar-refractivity contribution in [2.24, 2.45) is 0 Å². The van der Waals surface area contributed by atoms with Gasteiger partial charge in [0.05, 0.1) is 13.2 Å². The van der Waals surface area contributed by atoms with E-state index < -0.39 is 11.9 Å². The maximum Gasteiger partial charge on any atom is 0.321 e. The molecule has 0 bridgehead atoms. The largest absolute Gasteiger partial charge is 0.383 e. The summed E-state index contributed by atoms with van der Waals surface area (Å²) in [5.74, 6) is -0.529. The SMILES string of the molecule is COCCNC(=O)NC(=O)CNc1cccc(C(C)=O)c1. The van der Waals surface area contributed by atoms with E-state index in [0.29, 0.717) is 24.4 Å².